The number of sulfonamides is 1. The lowest BCUT2D eigenvalue weighted by Crippen LogP contribution is -2.53. The van der Waals surface area contributed by atoms with Crippen LogP contribution in [0.15, 0.2) is 0 Å². The number of likely N-dealkylation sites (tertiary alicyclic amines) is 1. The summed E-state index contributed by atoms with van der Waals surface area (Å²) in [7, 11) is -1.15. The molecule has 3 fully saturated rings. The van der Waals surface area contributed by atoms with E-state index < -0.39 is 27.6 Å². The average Bonchev–Trinajstić information content (AvgIpc) is 2.85. The van der Waals surface area contributed by atoms with Gasteiger partial charge in [0.25, 0.3) is 0 Å². The van der Waals surface area contributed by atoms with Crippen LogP contribution in [0.5, 0.6) is 0 Å². The van der Waals surface area contributed by atoms with Gasteiger partial charge in [0.05, 0.1) is 24.9 Å². The number of aliphatic carboxylic acids is 1. The van der Waals surface area contributed by atoms with E-state index in [1.165, 1.54) is 10.6 Å². The van der Waals surface area contributed by atoms with Gasteiger partial charge in [-0.2, -0.15) is 13.2 Å². The molecule has 0 radical (unpaired) electrons. The molecule has 0 spiro atoms. The maximum Gasteiger partial charge on any atom is 0.490 e. The smallest absolute Gasteiger partial charge is 0.475 e. The fourth-order valence-electron chi connectivity index (χ4n) is 4.38. The Morgan fingerprint density at radius 3 is 2.10 bits per heavy atom. The molecule has 3 rings (SSSR count). The highest BCUT2D eigenvalue weighted by molar-refractivity contribution is 7.88. The summed E-state index contributed by atoms with van der Waals surface area (Å²) in [4.78, 5) is 26.3. The van der Waals surface area contributed by atoms with Crippen LogP contribution in [0, 0.1) is 5.41 Å². The summed E-state index contributed by atoms with van der Waals surface area (Å²) in [6.45, 7) is 4.33. The zero-order valence-corrected chi connectivity index (χ0v) is 17.8. The molecule has 1 amide bonds. The van der Waals surface area contributed by atoms with Gasteiger partial charge in [-0.15, -0.1) is 0 Å². The summed E-state index contributed by atoms with van der Waals surface area (Å²) in [6.07, 6.45) is -1.67. The molecule has 0 aromatic heterocycles. The topological polar surface area (TPSA) is 107 Å². The van der Waals surface area contributed by atoms with Crippen LogP contribution in [-0.4, -0.2) is 111 Å². The molecule has 0 saturated carbocycles. The molecule has 30 heavy (non-hydrogen) atoms. The predicted octanol–water partition coefficient (Wildman–Crippen LogP) is 0.224. The number of carboxylic acids is 1. The number of carbonyl (C=O) groups is 2. The lowest BCUT2D eigenvalue weighted by molar-refractivity contribution is -0.192. The SMILES string of the molecule is CN1CC[C@@]2(C(=O)N3CCOCC3)CCN(S(C)(=O)=O)CC[C@@H]12.O=C(O)C(F)(F)F. The van der Waals surface area contributed by atoms with E-state index in [-0.39, 0.29) is 11.9 Å². The summed E-state index contributed by atoms with van der Waals surface area (Å²) in [5.41, 5.74) is -0.439. The number of hydrogen-bond donors (Lipinski definition) is 1. The van der Waals surface area contributed by atoms with Crippen molar-refractivity contribution >= 4 is 21.9 Å². The first kappa shape index (κ1) is 24.8. The number of morpholine rings is 1. The van der Waals surface area contributed by atoms with Gasteiger partial charge in [-0.25, -0.2) is 17.5 Å². The second kappa shape index (κ2) is 9.37. The molecule has 1 N–H and O–H groups in total. The molecule has 3 aliphatic heterocycles. The normalized spacial score (nSPS) is 28.8. The summed E-state index contributed by atoms with van der Waals surface area (Å²) in [5.74, 6) is -2.56. The predicted molar refractivity (Wildman–Crippen MR) is 100 cm³/mol. The van der Waals surface area contributed by atoms with Gasteiger partial charge in [0.2, 0.25) is 15.9 Å². The van der Waals surface area contributed by atoms with Crippen LogP contribution in [-0.2, 0) is 24.3 Å². The number of carboxylic acid groups (broad SMARTS) is 1. The van der Waals surface area contributed by atoms with Crippen LogP contribution in [0.2, 0.25) is 0 Å². The van der Waals surface area contributed by atoms with E-state index in [1.807, 2.05) is 4.90 Å². The monoisotopic (exact) mass is 459 g/mol. The third-order valence-electron chi connectivity index (χ3n) is 5.98. The van der Waals surface area contributed by atoms with Gasteiger partial charge in [0.1, 0.15) is 0 Å². The van der Waals surface area contributed by atoms with Gasteiger partial charge in [0, 0.05) is 32.2 Å². The number of carbonyl (C=O) groups excluding carboxylic acids is 1. The van der Waals surface area contributed by atoms with Crippen molar-refractivity contribution in [3.05, 3.63) is 0 Å². The minimum atomic E-state index is -5.08. The van der Waals surface area contributed by atoms with E-state index in [0.717, 1.165) is 19.4 Å². The molecule has 3 heterocycles. The second-order valence-corrected chi connectivity index (χ2v) is 9.79. The Kier molecular flexibility index (Phi) is 7.75. The van der Waals surface area contributed by atoms with Gasteiger partial charge in [-0.05, 0) is 32.9 Å². The summed E-state index contributed by atoms with van der Waals surface area (Å²) < 4.78 is 62.5. The number of ether oxygens (including phenoxy) is 1. The Bertz CT molecular complexity index is 742. The van der Waals surface area contributed by atoms with E-state index in [0.29, 0.717) is 45.8 Å². The van der Waals surface area contributed by atoms with Gasteiger partial charge in [0.15, 0.2) is 0 Å². The van der Waals surface area contributed by atoms with Crippen molar-refractivity contribution in [1.29, 1.82) is 0 Å². The van der Waals surface area contributed by atoms with Crippen molar-refractivity contribution in [2.45, 2.75) is 31.5 Å². The van der Waals surface area contributed by atoms with Crippen molar-refractivity contribution in [2.75, 3.05) is 59.2 Å². The average molecular weight is 459 g/mol. The lowest BCUT2D eigenvalue weighted by Gasteiger charge is -2.39. The van der Waals surface area contributed by atoms with Crippen molar-refractivity contribution in [3.63, 3.8) is 0 Å². The van der Waals surface area contributed by atoms with Crippen molar-refractivity contribution < 1.29 is 41.0 Å². The van der Waals surface area contributed by atoms with Crippen LogP contribution >= 0.6 is 0 Å². The molecule has 0 bridgehead atoms. The highest BCUT2D eigenvalue weighted by Gasteiger charge is 2.54. The van der Waals surface area contributed by atoms with Crippen LogP contribution in [0.3, 0.4) is 0 Å². The number of amides is 1. The Balaban J connectivity index is 0.000000396. The lowest BCUT2D eigenvalue weighted by atomic mass is 9.75. The Labute approximate surface area is 173 Å². The number of alkyl halides is 3. The van der Waals surface area contributed by atoms with Crippen LogP contribution in [0.1, 0.15) is 19.3 Å². The molecule has 0 unspecified atom stereocenters. The minimum Gasteiger partial charge on any atom is -0.475 e. The molecule has 13 heteroatoms. The largest absolute Gasteiger partial charge is 0.490 e. The van der Waals surface area contributed by atoms with Gasteiger partial charge >= 0.3 is 12.1 Å². The molecule has 0 aromatic carbocycles. The fraction of sp³-hybridized carbons (Fsp3) is 0.882. The number of hydrogen-bond acceptors (Lipinski definition) is 6. The Morgan fingerprint density at radius 1 is 1.07 bits per heavy atom. The molecule has 2 atom stereocenters. The summed E-state index contributed by atoms with van der Waals surface area (Å²) in [5, 5.41) is 7.12. The van der Waals surface area contributed by atoms with Crippen molar-refractivity contribution in [1.82, 2.24) is 14.1 Å². The molecule has 3 aliphatic rings. The van der Waals surface area contributed by atoms with Crippen LogP contribution in [0.4, 0.5) is 13.2 Å². The molecule has 174 valence electrons. The molecule has 9 nitrogen and oxygen atoms in total. The van der Waals surface area contributed by atoms with E-state index in [9.17, 15) is 26.4 Å². The van der Waals surface area contributed by atoms with E-state index in [4.69, 9.17) is 14.6 Å². The third kappa shape index (κ3) is 5.62. The number of rotatable bonds is 2. The zero-order valence-electron chi connectivity index (χ0n) is 17.0. The van der Waals surface area contributed by atoms with Crippen molar-refractivity contribution in [3.8, 4) is 0 Å². The zero-order chi connectivity index (χ0) is 22.7. The van der Waals surface area contributed by atoms with Gasteiger partial charge in [-0.1, -0.05) is 0 Å². The van der Waals surface area contributed by atoms with Crippen LogP contribution in [0.25, 0.3) is 0 Å². The van der Waals surface area contributed by atoms with E-state index in [1.54, 1.807) is 0 Å². The van der Waals surface area contributed by atoms with E-state index in [2.05, 4.69) is 11.9 Å². The molecule has 3 saturated heterocycles. The third-order valence-corrected chi connectivity index (χ3v) is 7.28. The van der Waals surface area contributed by atoms with E-state index >= 15 is 0 Å². The first-order valence-electron chi connectivity index (χ1n) is 9.61. The second-order valence-electron chi connectivity index (χ2n) is 7.81. The molecular weight excluding hydrogens is 431 g/mol. The standard InChI is InChI=1S/C15H27N3O4S.C2HF3O2/c1-16-7-4-15(14(19)17-9-11-22-12-10-17)5-8-18(23(2,20)21)6-3-13(15)16;3-2(4,5)1(6)7/h13H,3-12H2,1-2H3;(H,6,7)/t13-,15-;/m1./s1. The molecular formula is C17H28F3N3O6S. The highest BCUT2D eigenvalue weighted by atomic mass is 32.2. The van der Waals surface area contributed by atoms with Crippen molar-refractivity contribution in [2.24, 2.45) is 5.41 Å². The quantitative estimate of drug-likeness (QED) is 0.630. The number of fused-ring (bicyclic) bond motifs is 1. The van der Waals surface area contributed by atoms with Crippen LogP contribution < -0.4 is 0 Å². The molecule has 0 aromatic rings. The number of halogens is 3. The van der Waals surface area contributed by atoms with Gasteiger partial charge < -0.3 is 19.6 Å². The molecule has 0 aliphatic carbocycles. The maximum atomic E-state index is 13.3. The first-order chi connectivity index (χ1) is 13.8. The summed E-state index contributed by atoms with van der Waals surface area (Å²) in [6, 6.07) is 0.129. The first-order valence-corrected chi connectivity index (χ1v) is 11.5. The van der Waals surface area contributed by atoms with Gasteiger partial charge in [-0.3, -0.25) is 4.79 Å². The maximum absolute atomic E-state index is 13.3. The highest BCUT2D eigenvalue weighted by Crippen LogP contribution is 2.44. The minimum absolute atomic E-state index is 0.129. The summed E-state index contributed by atoms with van der Waals surface area (Å²) >= 11 is 0. The number of nitrogens with zero attached hydrogens (tertiary/aromatic N) is 3. The Morgan fingerprint density at radius 2 is 1.60 bits per heavy atom. The fourth-order valence-corrected chi connectivity index (χ4v) is 5.24. The Hall–Kier alpha value is -1.44.